The van der Waals surface area contributed by atoms with Crippen LogP contribution < -0.4 is 0 Å². The number of esters is 1. The zero-order valence-corrected chi connectivity index (χ0v) is 19.7. The number of Topliss-reactive ketones (excluding diaryl/α,β-unsaturated/α-hetero) is 1. The van der Waals surface area contributed by atoms with Crippen molar-refractivity contribution in [3.63, 3.8) is 0 Å². The molecule has 2 aromatic carbocycles. The first-order chi connectivity index (χ1) is 15.0. The van der Waals surface area contributed by atoms with Crippen molar-refractivity contribution in [2.75, 3.05) is 32.9 Å². The minimum Gasteiger partial charge on any atom is -0.454 e. The molecule has 0 radical (unpaired) electrons. The Balaban J connectivity index is 1.70. The standard InChI is InChI=1S/C24H29NO6S/c1-17-5-6-19(15-22(17)32(28,29)25-11-13-30-14-12-25)23(27)31-16-21(26)18-7-9-20(10-8-18)24(2,3)4/h5-10,15H,11-14,16H2,1-4H3. The maximum absolute atomic E-state index is 13.0. The summed E-state index contributed by atoms with van der Waals surface area (Å²) in [5.41, 5.74) is 2.13. The van der Waals surface area contributed by atoms with Crippen molar-refractivity contribution < 1.29 is 27.5 Å². The summed E-state index contributed by atoms with van der Waals surface area (Å²) < 4.78 is 37.7. The SMILES string of the molecule is Cc1ccc(C(=O)OCC(=O)c2ccc(C(C)(C)C)cc2)cc1S(=O)(=O)N1CCOCC1. The van der Waals surface area contributed by atoms with E-state index in [4.69, 9.17) is 9.47 Å². The zero-order valence-electron chi connectivity index (χ0n) is 18.9. The predicted molar refractivity (Wildman–Crippen MR) is 121 cm³/mol. The van der Waals surface area contributed by atoms with Crippen molar-refractivity contribution in [3.05, 3.63) is 64.7 Å². The van der Waals surface area contributed by atoms with Gasteiger partial charge in [0.05, 0.1) is 23.7 Å². The first-order valence-corrected chi connectivity index (χ1v) is 11.9. The highest BCUT2D eigenvalue weighted by Crippen LogP contribution is 2.24. The molecule has 1 fully saturated rings. The highest BCUT2D eigenvalue weighted by molar-refractivity contribution is 7.89. The minimum absolute atomic E-state index is 0.0290. The van der Waals surface area contributed by atoms with Gasteiger partial charge in [0.1, 0.15) is 0 Å². The highest BCUT2D eigenvalue weighted by Gasteiger charge is 2.28. The highest BCUT2D eigenvalue weighted by atomic mass is 32.2. The van der Waals surface area contributed by atoms with Crippen molar-refractivity contribution in [3.8, 4) is 0 Å². The Labute approximate surface area is 189 Å². The Morgan fingerprint density at radius 3 is 2.19 bits per heavy atom. The van der Waals surface area contributed by atoms with E-state index in [0.29, 0.717) is 24.3 Å². The maximum Gasteiger partial charge on any atom is 0.338 e. The number of carbonyl (C=O) groups is 2. The summed E-state index contributed by atoms with van der Waals surface area (Å²) >= 11 is 0. The molecule has 3 rings (SSSR count). The molecule has 0 amide bonds. The smallest absolute Gasteiger partial charge is 0.338 e. The largest absolute Gasteiger partial charge is 0.454 e. The van der Waals surface area contributed by atoms with Crippen LogP contribution >= 0.6 is 0 Å². The number of carbonyl (C=O) groups excluding carboxylic acids is 2. The first kappa shape index (κ1) is 24.1. The molecule has 172 valence electrons. The van der Waals surface area contributed by atoms with Gasteiger partial charge in [0, 0.05) is 18.7 Å². The fourth-order valence-corrected chi connectivity index (χ4v) is 5.04. The van der Waals surface area contributed by atoms with Crippen LogP contribution in [0.3, 0.4) is 0 Å². The Hall–Kier alpha value is -2.55. The number of hydrogen-bond donors (Lipinski definition) is 0. The van der Waals surface area contributed by atoms with Crippen molar-refractivity contribution >= 4 is 21.8 Å². The van der Waals surface area contributed by atoms with E-state index in [1.165, 1.54) is 16.4 Å². The van der Waals surface area contributed by atoms with Gasteiger partial charge in [-0.05, 0) is 35.6 Å². The van der Waals surface area contributed by atoms with Gasteiger partial charge in [-0.3, -0.25) is 4.79 Å². The Kier molecular flexibility index (Phi) is 7.17. The molecular weight excluding hydrogens is 430 g/mol. The summed E-state index contributed by atoms with van der Waals surface area (Å²) in [5.74, 6) is -1.07. The second-order valence-electron chi connectivity index (χ2n) is 8.82. The van der Waals surface area contributed by atoms with Crippen molar-refractivity contribution in [2.45, 2.75) is 38.0 Å². The average molecular weight is 460 g/mol. The van der Waals surface area contributed by atoms with Crippen LogP contribution in [0.5, 0.6) is 0 Å². The van der Waals surface area contributed by atoms with Crippen LogP contribution in [0.15, 0.2) is 47.4 Å². The van der Waals surface area contributed by atoms with Gasteiger partial charge in [-0.2, -0.15) is 4.31 Å². The van der Waals surface area contributed by atoms with E-state index >= 15 is 0 Å². The summed E-state index contributed by atoms with van der Waals surface area (Å²) in [4.78, 5) is 25.0. The quantitative estimate of drug-likeness (QED) is 0.486. The molecule has 0 atom stereocenters. The van der Waals surface area contributed by atoms with Crippen LogP contribution in [0.4, 0.5) is 0 Å². The van der Waals surface area contributed by atoms with E-state index in [1.807, 2.05) is 12.1 Å². The van der Waals surface area contributed by atoms with Crippen molar-refractivity contribution in [1.82, 2.24) is 4.31 Å². The molecule has 7 nitrogen and oxygen atoms in total. The summed E-state index contributed by atoms with van der Waals surface area (Å²) in [5, 5.41) is 0. The van der Waals surface area contributed by atoms with Gasteiger partial charge in [0.2, 0.25) is 10.0 Å². The molecule has 0 saturated carbocycles. The number of ketones is 1. The molecule has 0 N–H and O–H groups in total. The average Bonchev–Trinajstić information content (AvgIpc) is 2.77. The normalized spacial score (nSPS) is 15.4. The summed E-state index contributed by atoms with van der Waals surface area (Å²) in [7, 11) is -3.76. The number of rotatable bonds is 6. The third-order valence-electron chi connectivity index (χ3n) is 5.42. The lowest BCUT2D eigenvalue weighted by Crippen LogP contribution is -2.40. The van der Waals surface area contributed by atoms with E-state index in [1.54, 1.807) is 25.1 Å². The van der Waals surface area contributed by atoms with Gasteiger partial charge in [0.25, 0.3) is 0 Å². The zero-order chi connectivity index (χ0) is 23.5. The number of benzene rings is 2. The molecule has 0 unspecified atom stereocenters. The molecule has 32 heavy (non-hydrogen) atoms. The molecule has 0 aliphatic carbocycles. The number of aryl methyl sites for hydroxylation is 1. The molecule has 0 aromatic heterocycles. The minimum atomic E-state index is -3.76. The Morgan fingerprint density at radius 1 is 1.00 bits per heavy atom. The van der Waals surface area contributed by atoms with E-state index in [-0.39, 0.29) is 34.7 Å². The molecule has 1 heterocycles. The van der Waals surface area contributed by atoms with Gasteiger partial charge in [-0.25, -0.2) is 13.2 Å². The van der Waals surface area contributed by atoms with Crippen molar-refractivity contribution in [1.29, 1.82) is 0 Å². The monoisotopic (exact) mass is 459 g/mol. The lowest BCUT2D eigenvalue weighted by Gasteiger charge is -2.26. The molecule has 8 heteroatoms. The number of hydrogen-bond acceptors (Lipinski definition) is 6. The fraction of sp³-hybridized carbons (Fsp3) is 0.417. The predicted octanol–water partition coefficient (Wildman–Crippen LogP) is 3.35. The van der Waals surface area contributed by atoms with E-state index in [2.05, 4.69) is 20.8 Å². The van der Waals surface area contributed by atoms with Crippen LogP contribution in [0.2, 0.25) is 0 Å². The molecule has 0 bridgehead atoms. The van der Waals surface area contributed by atoms with Crippen molar-refractivity contribution in [2.24, 2.45) is 0 Å². The van der Waals surface area contributed by atoms with Crippen LogP contribution in [0.25, 0.3) is 0 Å². The van der Waals surface area contributed by atoms with Crippen LogP contribution in [0.1, 0.15) is 52.6 Å². The second-order valence-corrected chi connectivity index (χ2v) is 10.7. The maximum atomic E-state index is 13.0. The molecule has 1 saturated heterocycles. The molecular formula is C24H29NO6S. The Bertz CT molecular complexity index is 1090. The van der Waals surface area contributed by atoms with Crippen LogP contribution in [0, 0.1) is 6.92 Å². The fourth-order valence-electron chi connectivity index (χ4n) is 3.38. The van der Waals surface area contributed by atoms with E-state index < -0.39 is 22.6 Å². The molecule has 0 spiro atoms. The number of ether oxygens (including phenoxy) is 2. The van der Waals surface area contributed by atoms with Gasteiger partial charge >= 0.3 is 5.97 Å². The molecule has 1 aliphatic rings. The van der Waals surface area contributed by atoms with Crippen LogP contribution in [-0.4, -0.2) is 57.4 Å². The third kappa shape index (κ3) is 5.43. The molecule has 2 aromatic rings. The Morgan fingerprint density at radius 2 is 1.59 bits per heavy atom. The van der Waals surface area contributed by atoms with Gasteiger partial charge in [-0.15, -0.1) is 0 Å². The van der Waals surface area contributed by atoms with Gasteiger partial charge < -0.3 is 9.47 Å². The van der Waals surface area contributed by atoms with E-state index in [9.17, 15) is 18.0 Å². The summed E-state index contributed by atoms with van der Waals surface area (Å²) in [6, 6.07) is 11.6. The topological polar surface area (TPSA) is 90.0 Å². The summed E-state index contributed by atoms with van der Waals surface area (Å²) in [6.45, 7) is 8.69. The molecule has 1 aliphatic heterocycles. The number of nitrogens with zero attached hydrogens (tertiary/aromatic N) is 1. The first-order valence-electron chi connectivity index (χ1n) is 10.5. The van der Waals surface area contributed by atoms with Crippen LogP contribution in [-0.2, 0) is 24.9 Å². The van der Waals surface area contributed by atoms with E-state index in [0.717, 1.165) is 5.56 Å². The second kappa shape index (κ2) is 9.52. The number of morpholine rings is 1. The summed E-state index contributed by atoms with van der Waals surface area (Å²) in [6.07, 6.45) is 0. The lowest BCUT2D eigenvalue weighted by molar-refractivity contribution is 0.0474. The number of sulfonamides is 1. The lowest BCUT2D eigenvalue weighted by atomic mass is 9.86. The van der Waals surface area contributed by atoms with Gasteiger partial charge in [0.15, 0.2) is 12.4 Å². The van der Waals surface area contributed by atoms with Gasteiger partial charge in [-0.1, -0.05) is 51.1 Å². The third-order valence-corrected chi connectivity index (χ3v) is 7.46.